The van der Waals surface area contributed by atoms with Gasteiger partial charge in [0.1, 0.15) is 11.6 Å². The van der Waals surface area contributed by atoms with Gasteiger partial charge in [0.25, 0.3) is 5.91 Å². The van der Waals surface area contributed by atoms with Crippen LogP contribution < -0.4 is 4.74 Å². The molecule has 1 saturated heterocycles. The number of benzene rings is 2. The van der Waals surface area contributed by atoms with Crippen LogP contribution in [0.25, 0.3) is 11.0 Å². The number of carbonyl (C=O) groups is 1. The number of amides is 1. The average Bonchev–Trinajstić information content (AvgIpc) is 3.26. The van der Waals surface area contributed by atoms with E-state index in [1.54, 1.807) is 19.2 Å². The monoisotopic (exact) mass is 485 g/mol. The van der Waals surface area contributed by atoms with Crippen LogP contribution >= 0.6 is 0 Å². The number of hydrogen-bond acceptors (Lipinski definition) is 6. The van der Waals surface area contributed by atoms with E-state index in [2.05, 4.69) is 14.9 Å². The fourth-order valence-electron chi connectivity index (χ4n) is 4.23. The van der Waals surface area contributed by atoms with Crippen LogP contribution in [0.1, 0.15) is 30.0 Å². The number of methoxy groups -OCH3 is 1. The van der Waals surface area contributed by atoms with Gasteiger partial charge in [-0.1, -0.05) is 13.8 Å². The highest BCUT2D eigenvalue weighted by Crippen LogP contribution is 2.20. The van der Waals surface area contributed by atoms with Gasteiger partial charge in [0.2, 0.25) is 10.0 Å². The summed E-state index contributed by atoms with van der Waals surface area (Å²) in [6.45, 7) is 7.79. The number of rotatable bonds is 8. The van der Waals surface area contributed by atoms with Crippen LogP contribution in [0.4, 0.5) is 0 Å². The first-order valence-corrected chi connectivity index (χ1v) is 12.9. The highest BCUT2D eigenvalue weighted by atomic mass is 32.2. The van der Waals surface area contributed by atoms with E-state index >= 15 is 0 Å². The Morgan fingerprint density at radius 1 is 1.06 bits per heavy atom. The molecule has 9 nitrogen and oxygen atoms in total. The Balaban J connectivity index is 1.35. The van der Waals surface area contributed by atoms with Gasteiger partial charge in [-0.05, 0) is 36.4 Å². The Morgan fingerprint density at radius 3 is 2.35 bits per heavy atom. The van der Waals surface area contributed by atoms with Crippen LogP contribution in [0.15, 0.2) is 47.4 Å². The summed E-state index contributed by atoms with van der Waals surface area (Å²) in [5.74, 6) is 1.59. The largest absolute Gasteiger partial charge is 0.497 e. The lowest BCUT2D eigenvalue weighted by Gasteiger charge is -2.34. The van der Waals surface area contributed by atoms with Crippen LogP contribution in [0.2, 0.25) is 0 Å². The van der Waals surface area contributed by atoms with E-state index in [0.29, 0.717) is 38.3 Å². The molecule has 2 aromatic carbocycles. The zero-order valence-corrected chi connectivity index (χ0v) is 20.6. The number of imidazole rings is 1. The smallest absolute Gasteiger partial charge is 0.253 e. The number of nitrogens with zero attached hydrogens (tertiary/aromatic N) is 4. The molecule has 1 aromatic heterocycles. The predicted octanol–water partition coefficient (Wildman–Crippen LogP) is 2.56. The van der Waals surface area contributed by atoms with Crippen LogP contribution in [-0.2, 0) is 16.6 Å². The molecule has 0 aliphatic carbocycles. The zero-order chi connectivity index (χ0) is 24.3. The Labute approximate surface area is 200 Å². The molecule has 182 valence electrons. The van der Waals surface area contributed by atoms with Crippen molar-refractivity contribution >= 4 is 27.0 Å². The van der Waals surface area contributed by atoms with Crippen molar-refractivity contribution < 1.29 is 17.9 Å². The van der Waals surface area contributed by atoms with E-state index in [9.17, 15) is 13.2 Å². The van der Waals surface area contributed by atoms with E-state index < -0.39 is 10.0 Å². The molecule has 0 saturated carbocycles. The van der Waals surface area contributed by atoms with Gasteiger partial charge < -0.3 is 14.6 Å². The molecule has 4 rings (SSSR count). The summed E-state index contributed by atoms with van der Waals surface area (Å²) in [5.41, 5.74) is 2.34. The molecule has 0 unspecified atom stereocenters. The second-order valence-electron chi connectivity index (χ2n) is 8.25. The first-order chi connectivity index (χ1) is 16.3. The summed E-state index contributed by atoms with van der Waals surface area (Å²) < 4.78 is 32.0. The maximum Gasteiger partial charge on any atom is 0.253 e. The van der Waals surface area contributed by atoms with E-state index in [0.717, 1.165) is 35.7 Å². The number of sulfonamides is 1. The van der Waals surface area contributed by atoms with Gasteiger partial charge in [-0.15, -0.1) is 0 Å². The molecule has 1 aliphatic heterocycles. The van der Waals surface area contributed by atoms with Gasteiger partial charge >= 0.3 is 0 Å². The number of nitrogens with one attached hydrogen (secondary N) is 1. The number of H-pyrrole nitrogens is 1. The van der Waals surface area contributed by atoms with Crippen molar-refractivity contribution in [2.24, 2.45) is 0 Å². The van der Waals surface area contributed by atoms with Crippen molar-refractivity contribution in [3.8, 4) is 5.75 Å². The van der Waals surface area contributed by atoms with Crippen molar-refractivity contribution in [3.05, 3.63) is 53.9 Å². The number of hydrogen-bond donors (Lipinski definition) is 1. The van der Waals surface area contributed by atoms with Crippen LogP contribution in [0.5, 0.6) is 5.75 Å². The first kappa shape index (κ1) is 24.2. The normalized spacial score (nSPS) is 15.2. The van der Waals surface area contributed by atoms with Crippen molar-refractivity contribution in [2.45, 2.75) is 25.3 Å². The third-order valence-corrected chi connectivity index (χ3v) is 8.28. The molecule has 0 radical (unpaired) electrons. The lowest BCUT2D eigenvalue weighted by atomic mass is 10.2. The highest BCUT2D eigenvalue weighted by Gasteiger charge is 2.25. The standard InChI is InChI=1S/C24H31N5O4S/c1-4-29(5-2)34(31,32)20-9-6-18(7-10-20)24(30)28-14-12-27(13-15-28)17-23-25-21-11-8-19(33-3)16-22(21)26-23/h6-11,16H,4-5,12-15,17H2,1-3H3,(H,25,26). The molecule has 1 aliphatic rings. The molecular formula is C24H31N5O4S. The summed E-state index contributed by atoms with van der Waals surface area (Å²) in [4.78, 5) is 25.2. The summed E-state index contributed by atoms with van der Waals surface area (Å²) >= 11 is 0. The van der Waals surface area contributed by atoms with Crippen molar-refractivity contribution in [1.29, 1.82) is 0 Å². The summed E-state index contributed by atoms with van der Waals surface area (Å²) in [5, 5.41) is 0. The van der Waals surface area contributed by atoms with Gasteiger partial charge in [0, 0.05) is 50.9 Å². The maximum atomic E-state index is 13.0. The molecule has 1 N–H and O–H groups in total. The third-order valence-electron chi connectivity index (χ3n) is 6.22. The predicted molar refractivity (Wildman–Crippen MR) is 130 cm³/mol. The molecule has 0 spiro atoms. The van der Waals surface area contributed by atoms with Gasteiger partial charge in [0.15, 0.2) is 0 Å². The second-order valence-corrected chi connectivity index (χ2v) is 10.2. The third kappa shape index (κ3) is 4.94. The fourth-order valence-corrected chi connectivity index (χ4v) is 5.69. The summed E-state index contributed by atoms with van der Waals surface area (Å²) in [6, 6.07) is 12.0. The van der Waals surface area contributed by atoms with E-state index in [-0.39, 0.29) is 10.8 Å². The average molecular weight is 486 g/mol. The molecule has 3 aromatic rings. The van der Waals surface area contributed by atoms with E-state index in [1.807, 2.05) is 36.9 Å². The molecule has 0 bridgehead atoms. The Hall–Kier alpha value is -2.95. The summed E-state index contributed by atoms with van der Waals surface area (Å²) in [7, 11) is -1.89. The highest BCUT2D eigenvalue weighted by molar-refractivity contribution is 7.89. The van der Waals surface area contributed by atoms with Gasteiger partial charge in [0.05, 0.1) is 29.6 Å². The van der Waals surface area contributed by atoms with Crippen molar-refractivity contribution in [2.75, 3.05) is 46.4 Å². The van der Waals surface area contributed by atoms with E-state index in [4.69, 9.17) is 4.74 Å². The van der Waals surface area contributed by atoms with Crippen molar-refractivity contribution in [1.82, 2.24) is 24.1 Å². The van der Waals surface area contributed by atoms with Crippen LogP contribution in [0, 0.1) is 0 Å². The summed E-state index contributed by atoms with van der Waals surface area (Å²) in [6.07, 6.45) is 0. The molecular weight excluding hydrogens is 454 g/mol. The number of carbonyl (C=O) groups excluding carboxylic acids is 1. The number of aromatic nitrogens is 2. The Bertz CT molecular complexity index is 1240. The van der Waals surface area contributed by atoms with Gasteiger partial charge in [-0.25, -0.2) is 13.4 Å². The zero-order valence-electron chi connectivity index (χ0n) is 19.8. The van der Waals surface area contributed by atoms with E-state index in [1.165, 1.54) is 16.4 Å². The number of aromatic amines is 1. The molecule has 1 fully saturated rings. The second kappa shape index (κ2) is 10.1. The Morgan fingerprint density at radius 2 is 1.74 bits per heavy atom. The molecule has 1 amide bonds. The first-order valence-electron chi connectivity index (χ1n) is 11.5. The maximum absolute atomic E-state index is 13.0. The minimum absolute atomic E-state index is 0.0812. The van der Waals surface area contributed by atoms with Gasteiger partial charge in [-0.3, -0.25) is 9.69 Å². The molecule has 34 heavy (non-hydrogen) atoms. The number of fused-ring (bicyclic) bond motifs is 1. The minimum atomic E-state index is -3.53. The van der Waals surface area contributed by atoms with Crippen LogP contribution in [0.3, 0.4) is 0 Å². The van der Waals surface area contributed by atoms with Gasteiger partial charge in [-0.2, -0.15) is 4.31 Å². The molecule has 2 heterocycles. The molecule has 10 heteroatoms. The van der Waals surface area contributed by atoms with Crippen LogP contribution in [-0.4, -0.2) is 84.8 Å². The lowest BCUT2D eigenvalue weighted by Crippen LogP contribution is -2.48. The topological polar surface area (TPSA) is 98.8 Å². The Kier molecular flexibility index (Phi) is 7.20. The number of ether oxygens (including phenoxy) is 1. The lowest BCUT2D eigenvalue weighted by molar-refractivity contribution is 0.0626. The quantitative estimate of drug-likeness (QED) is 0.527. The SMILES string of the molecule is CCN(CC)S(=O)(=O)c1ccc(C(=O)N2CCN(Cc3nc4ccc(OC)cc4[nH]3)CC2)cc1. The number of piperazine rings is 1. The minimum Gasteiger partial charge on any atom is -0.497 e. The van der Waals surface area contributed by atoms with Crippen molar-refractivity contribution in [3.63, 3.8) is 0 Å². The fraction of sp³-hybridized carbons (Fsp3) is 0.417. The molecule has 0 atom stereocenters.